The number of azide groups is 1. The van der Waals surface area contributed by atoms with Crippen LogP contribution >= 0.6 is 0 Å². The van der Waals surface area contributed by atoms with Crippen molar-refractivity contribution in [2.75, 3.05) is 0 Å². The minimum atomic E-state index is -0.176. The van der Waals surface area contributed by atoms with Crippen LogP contribution < -0.4 is 0 Å². The van der Waals surface area contributed by atoms with E-state index in [1.54, 1.807) is 6.07 Å². The normalized spacial score (nSPS) is 13.1. The van der Waals surface area contributed by atoms with Crippen LogP contribution in [-0.2, 0) is 0 Å². The number of hydrogen-bond acceptors (Lipinski definition) is 3. The van der Waals surface area contributed by atoms with Crippen LogP contribution in [0.4, 0.5) is 0 Å². The van der Waals surface area contributed by atoms with Gasteiger partial charge in [-0.3, -0.25) is 4.79 Å². The van der Waals surface area contributed by atoms with Gasteiger partial charge in [-0.15, -0.1) is 0 Å². The van der Waals surface area contributed by atoms with Crippen LogP contribution in [0.25, 0.3) is 43.4 Å². The third kappa shape index (κ3) is 2.23. The predicted molar refractivity (Wildman–Crippen MR) is 106 cm³/mol. The molecule has 1 aliphatic carbocycles. The van der Waals surface area contributed by atoms with Crippen molar-refractivity contribution < 1.29 is 4.79 Å². The first kappa shape index (κ1) is 15.3. The van der Waals surface area contributed by atoms with Gasteiger partial charge in [0.25, 0.3) is 0 Å². The second kappa shape index (κ2) is 5.80. The number of Topliss-reactive ketones (excluding diaryl/α,β-unsaturated/α-hetero) is 1. The van der Waals surface area contributed by atoms with Gasteiger partial charge in [0.15, 0.2) is 5.78 Å². The van der Waals surface area contributed by atoms with Gasteiger partial charge in [-0.1, -0.05) is 65.8 Å². The summed E-state index contributed by atoms with van der Waals surface area (Å²) >= 11 is 0. The predicted octanol–water partition coefficient (Wildman–Crippen LogP) is 5.76. The number of hydrogen-bond donors (Lipinski definition) is 0. The summed E-state index contributed by atoms with van der Waals surface area (Å²) in [5.41, 5.74) is 12.5. The van der Waals surface area contributed by atoms with Crippen LogP contribution in [0.2, 0.25) is 0 Å². The van der Waals surface area contributed by atoms with E-state index in [0.717, 1.165) is 27.2 Å². The molecule has 0 spiro atoms. The lowest BCUT2D eigenvalue weighted by Gasteiger charge is -2.20. The number of pyridine rings is 1. The quantitative estimate of drug-likeness (QED) is 0.262. The highest BCUT2D eigenvalue weighted by Crippen LogP contribution is 2.40. The van der Waals surface area contributed by atoms with Gasteiger partial charge in [-0.2, -0.15) is 0 Å². The van der Waals surface area contributed by atoms with Crippen LogP contribution in [0.1, 0.15) is 21.6 Å². The monoisotopic (exact) mass is 348 g/mol. The van der Waals surface area contributed by atoms with E-state index >= 15 is 0 Å². The van der Waals surface area contributed by atoms with E-state index in [1.165, 1.54) is 0 Å². The van der Waals surface area contributed by atoms with Gasteiger partial charge in [-0.25, -0.2) is 4.98 Å². The molecule has 3 aromatic carbocycles. The summed E-state index contributed by atoms with van der Waals surface area (Å²) < 4.78 is 0. The fourth-order valence-corrected chi connectivity index (χ4v) is 3.70. The lowest BCUT2D eigenvalue weighted by molar-refractivity contribution is 0.105. The molecule has 5 heteroatoms. The van der Waals surface area contributed by atoms with Crippen molar-refractivity contribution in [3.63, 3.8) is 0 Å². The van der Waals surface area contributed by atoms with Crippen molar-refractivity contribution >= 4 is 38.7 Å². The van der Waals surface area contributed by atoms with Crippen molar-refractivity contribution in [1.82, 2.24) is 4.98 Å². The van der Waals surface area contributed by atoms with E-state index in [1.807, 2.05) is 66.7 Å². The van der Waals surface area contributed by atoms with Crippen LogP contribution in [-0.4, -0.2) is 10.8 Å². The summed E-state index contributed by atoms with van der Waals surface area (Å²) in [5, 5.41) is 6.64. The molecule has 0 unspecified atom stereocenters. The maximum absolute atomic E-state index is 13.3. The zero-order valence-electron chi connectivity index (χ0n) is 14.1. The topological polar surface area (TPSA) is 78.7 Å². The molecule has 5 nitrogen and oxygen atoms in total. The molecule has 0 amide bonds. The standard InChI is InChI=1S/C22H12N4O/c23-26-25-21-15-8-3-6-14-7-4-9-16(19(14)15)22(27)20(21)18-12-11-13-5-1-2-10-17(13)24-18/h1-12H. The van der Waals surface area contributed by atoms with Crippen molar-refractivity contribution in [1.29, 1.82) is 0 Å². The Morgan fingerprint density at radius 2 is 1.56 bits per heavy atom. The molecular weight excluding hydrogens is 336 g/mol. The molecule has 27 heavy (non-hydrogen) atoms. The number of benzene rings is 3. The Hall–Kier alpha value is -3.95. The maximum atomic E-state index is 13.3. The molecule has 126 valence electrons. The first-order valence-electron chi connectivity index (χ1n) is 8.50. The van der Waals surface area contributed by atoms with Gasteiger partial charge in [-0.05, 0) is 28.6 Å². The first-order chi connectivity index (χ1) is 13.3. The molecule has 0 bridgehead atoms. The lowest BCUT2D eigenvalue weighted by atomic mass is 9.84. The molecular formula is C22H12N4O. The van der Waals surface area contributed by atoms with Crippen molar-refractivity contribution in [2.45, 2.75) is 0 Å². The summed E-state index contributed by atoms with van der Waals surface area (Å²) in [6.07, 6.45) is 0. The molecule has 0 N–H and O–H groups in total. The van der Waals surface area contributed by atoms with E-state index < -0.39 is 0 Å². The summed E-state index contributed by atoms with van der Waals surface area (Å²) in [6.45, 7) is 0. The molecule has 0 atom stereocenters. The summed E-state index contributed by atoms with van der Waals surface area (Å²) in [4.78, 5) is 21.0. The third-order valence-electron chi connectivity index (χ3n) is 4.87. The number of rotatable bonds is 2. The van der Waals surface area contributed by atoms with Crippen LogP contribution in [0, 0.1) is 0 Å². The Morgan fingerprint density at radius 1 is 0.815 bits per heavy atom. The Kier molecular flexibility index (Phi) is 3.29. The average molecular weight is 348 g/mol. The summed E-state index contributed by atoms with van der Waals surface area (Å²) in [6, 6.07) is 22.8. The van der Waals surface area contributed by atoms with E-state index in [-0.39, 0.29) is 5.78 Å². The van der Waals surface area contributed by atoms with Gasteiger partial charge >= 0.3 is 0 Å². The molecule has 1 aromatic heterocycles. The second-order valence-corrected chi connectivity index (χ2v) is 6.34. The van der Waals surface area contributed by atoms with E-state index in [0.29, 0.717) is 22.5 Å². The number of aromatic nitrogens is 1. The second-order valence-electron chi connectivity index (χ2n) is 6.34. The highest BCUT2D eigenvalue weighted by atomic mass is 16.1. The molecule has 5 rings (SSSR count). The minimum absolute atomic E-state index is 0.176. The van der Waals surface area contributed by atoms with Crippen LogP contribution in [0.3, 0.4) is 0 Å². The average Bonchev–Trinajstić information content (AvgIpc) is 2.71. The number of para-hydroxylation sites is 1. The lowest BCUT2D eigenvalue weighted by Crippen LogP contribution is -2.12. The third-order valence-corrected chi connectivity index (χ3v) is 4.87. The van der Waals surface area contributed by atoms with E-state index in [2.05, 4.69) is 15.0 Å². The van der Waals surface area contributed by atoms with Crippen LogP contribution in [0.15, 0.2) is 77.9 Å². The first-order valence-corrected chi connectivity index (χ1v) is 8.50. The van der Waals surface area contributed by atoms with Gasteiger partial charge in [0.2, 0.25) is 0 Å². The van der Waals surface area contributed by atoms with Gasteiger partial charge in [0.05, 0.1) is 22.5 Å². The summed E-state index contributed by atoms with van der Waals surface area (Å²) in [7, 11) is 0. The Labute approximate surface area is 154 Å². The fraction of sp³-hybridized carbons (Fsp3) is 0. The smallest absolute Gasteiger partial charge is 0.196 e. The molecule has 0 aliphatic heterocycles. The fourth-order valence-electron chi connectivity index (χ4n) is 3.70. The molecule has 1 heterocycles. The molecule has 0 saturated carbocycles. The number of carbonyl (C=O) groups excluding carboxylic acids is 1. The Morgan fingerprint density at radius 3 is 2.37 bits per heavy atom. The SMILES string of the molecule is [N-]=[N+]=NC1=C(c2ccc3ccccc3n2)C(=O)c2cccc3cccc1c23. The zero-order chi connectivity index (χ0) is 18.4. The Balaban J connectivity index is 1.89. The largest absolute Gasteiger partial charge is 0.288 e. The van der Waals surface area contributed by atoms with E-state index in [9.17, 15) is 4.79 Å². The van der Waals surface area contributed by atoms with Gasteiger partial charge in [0, 0.05) is 21.2 Å². The molecule has 0 fully saturated rings. The maximum Gasteiger partial charge on any atom is 0.196 e. The van der Waals surface area contributed by atoms with Crippen molar-refractivity contribution in [3.8, 4) is 0 Å². The highest BCUT2D eigenvalue weighted by Gasteiger charge is 2.28. The molecule has 0 saturated heterocycles. The zero-order valence-corrected chi connectivity index (χ0v) is 14.1. The van der Waals surface area contributed by atoms with Gasteiger partial charge < -0.3 is 0 Å². The van der Waals surface area contributed by atoms with Crippen molar-refractivity contribution in [2.24, 2.45) is 5.11 Å². The van der Waals surface area contributed by atoms with E-state index in [4.69, 9.17) is 5.53 Å². The number of ketones is 1. The number of fused-ring (bicyclic) bond motifs is 1. The minimum Gasteiger partial charge on any atom is -0.288 e. The highest BCUT2D eigenvalue weighted by molar-refractivity contribution is 6.40. The number of nitrogens with zero attached hydrogens (tertiary/aromatic N) is 4. The number of carbonyl (C=O) groups is 1. The Bertz CT molecular complexity index is 1340. The van der Waals surface area contributed by atoms with Gasteiger partial charge in [0.1, 0.15) is 0 Å². The number of allylic oxidation sites excluding steroid dienone is 1. The molecule has 4 aromatic rings. The molecule has 1 aliphatic rings. The molecule has 0 radical (unpaired) electrons. The van der Waals surface area contributed by atoms with Crippen LogP contribution in [0.5, 0.6) is 0 Å². The summed E-state index contributed by atoms with van der Waals surface area (Å²) in [5.74, 6) is -0.176. The van der Waals surface area contributed by atoms with Crippen molar-refractivity contribution in [3.05, 3.63) is 100 Å².